The van der Waals surface area contributed by atoms with Gasteiger partial charge in [-0.1, -0.05) is 29.8 Å². The van der Waals surface area contributed by atoms with E-state index in [1.165, 1.54) is 0 Å². The van der Waals surface area contributed by atoms with Crippen molar-refractivity contribution < 1.29 is 9.53 Å². The highest BCUT2D eigenvalue weighted by Crippen LogP contribution is 2.23. The second kappa shape index (κ2) is 8.48. The van der Waals surface area contributed by atoms with Crippen molar-refractivity contribution in [2.24, 2.45) is 0 Å². The number of aromatic amines is 1. The van der Waals surface area contributed by atoms with E-state index in [9.17, 15) is 4.79 Å². The molecule has 0 atom stereocenters. The van der Waals surface area contributed by atoms with Gasteiger partial charge in [-0.2, -0.15) is 5.10 Å². The van der Waals surface area contributed by atoms with Gasteiger partial charge in [0.1, 0.15) is 18.9 Å². The van der Waals surface area contributed by atoms with Gasteiger partial charge in [-0.15, -0.1) is 11.3 Å². The van der Waals surface area contributed by atoms with Crippen LogP contribution in [0.1, 0.15) is 0 Å². The number of carbonyl (C=O) groups excluding carboxylic acids is 1. The summed E-state index contributed by atoms with van der Waals surface area (Å²) in [5.41, 5.74) is 0. The summed E-state index contributed by atoms with van der Waals surface area (Å²) in [4.78, 5) is 15.1. The van der Waals surface area contributed by atoms with E-state index >= 15 is 0 Å². The Bertz CT molecular complexity index is 936. The summed E-state index contributed by atoms with van der Waals surface area (Å²) < 4.78 is 7.75. The first kappa shape index (κ1) is 18.6. The molecule has 1 aromatic carbocycles. The first-order chi connectivity index (χ1) is 12.6. The van der Waals surface area contributed by atoms with Crippen LogP contribution >= 0.6 is 35.2 Å². The minimum absolute atomic E-state index is 0.0805. The Balaban J connectivity index is 1.59. The largest absolute Gasteiger partial charge is 0.490 e. The number of benzene rings is 1. The molecule has 1 amide bonds. The number of aromatic nitrogens is 3. The monoisotopic (exact) mass is 408 g/mol. The quantitative estimate of drug-likeness (QED) is 0.603. The SMILES string of the molecule is CN(CCOc1ccccc1Cl)C(=O)Cn1c(-c2cccs2)n[nH]c1=S. The van der Waals surface area contributed by atoms with Gasteiger partial charge in [0.25, 0.3) is 0 Å². The number of nitrogens with one attached hydrogen (secondary N) is 1. The number of thiophene rings is 1. The van der Waals surface area contributed by atoms with E-state index in [1.54, 1.807) is 40.0 Å². The summed E-state index contributed by atoms with van der Waals surface area (Å²) in [6.07, 6.45) is 0. The number of hydrogen-bond donors (Lipinski definition) is 1. The fraction of sp³-hybridized carbons (Fsp3) is 0.235. The molecule has 2 aromatic heterocycles. The van der Waals surface area contributed by atoms with Crippen LogP contribution in [0.25, 0.3) is 10.7 Å². The van der Waals surface area contributed by atoms with Gasteiger partial charge in [0.2, 0.25) is 5.91 Å². The van der Waals surface area contributed by atoms with Crippen molar-refractivity contribution in [2.45, 2.75) is 6.54 Å². The first-order valence-electron chi connectivity index (χ1n) is 7.86. The van der Waals surface area contributed by atoms with Crippen LogP contribution in [0.15, 0.2) is 41.8 Å². The van der Waals surface area contributed by atoms with E-state index in [1.807, 2.05) is 29.6 Å². The van der Waals surface area contributed by atoms with Gasteiger partial charge in [0, 0.05) is 7.05 Å². The lowest BCUT2D eigenvalue weighted by molar-refractivity contribution is -0.130. The molecule has 0 bridgehead atoms. The van der Waals surface area contributed by atoms with Crippen LogP contribution in [0, 0.1) is 4.77 Å². The Labute approximate surface area is 165 Å². The van der Waals surface area contributed by atoms with E-state index in [-0.39, 0.29) is 12.5 Å². The van der Waals surface area contributed by atoms with Gasteiger partial charge >= 0.3 is 0 Å². The molecule has 0 aliphatic carbocycles. The summed E-state index contributed by atoms with van der Waals surface area (Å²) in [5, 5.41) is 9.48. The van der Waals surface area contributed by atoms with Crippen LogP contribution in [0.3, 0.4) is 0 Å². The van der Waals surface area contributed by atoms with Crippen molar-refractivity contribution in [3.05, 3.63) is 51.6 Å². The van der Waals surface area contributed by atoms with Crippen molar-refractivity contribution >= 4 is 41.1 Å². The number of para-hydroxylation sites is 1. The third-order valence-corrected chi connectivity index (χ3v) is 5.23. The molecule has 3 rings (SSSR count). The van der Waals surface area contributed by atoms with Crippen molar-refractivity contribution in [1.29, 1.82) is 0 Å². The summed E-state index contributed by atoms with van der Waals surface area (Å²) in [5.74, 6) is 1.19. The van der Waals surface area contributed by atoms with Gasteiger partial charge in [0.15, 0.2) is 10.6 Å². The van der Waals surface area contributed by atoms with Crippen LogP contribution in [0.2, 0.25) is 5.02 Å². The molecule has 0 aliphatic rings. The van der Waals surface area contributed by atoms with Crippen LogP contribution < -0.4 is 4.74 Å². The first-order valence-corrected chi connectivity index (χ1v) is 9.53. The molecule has 136 valence electrons. The number of H-pyrrole nitrogens is 1. The van der Waals surface area contributed by atoms with E-state index in [2.05, 4.69) is 10.2 Å². The molecule has 1 N–H and O–H groups in total. The maximum Gasteiger partial charge on any atom is 0.242 e. The lowest BCUT2D eigenvalue weighted by Crippen LogP contribution is -2.33. The fourth-order valence-electron chi connectivity index (χ4n) is 2.29. The van der Waals surface area contributed by atoms with Gasteiger partial charge < -0.3 is 9.64 Å². The Morgan fingerprint density at radius 1 is 1.38 bits per heavy atom. The number of halogens is 1. The molecule has 0 fully saturated rings. The molecule has 2 heterocycles. The van der Waals surface area contributed by atoms with E-state index in [4.69, 9.17) is 28.6 Å². The molecule has 3 aromatic rings. The lowest BCUT2D eigenvalue weighted by Gasteiger charge is -2.18. The average molecular weight is 409 g/mol. The molecular formula is C17H17ClN4O2S2. The zero-order chi connectivity index (χ0) is 18.5. The van der Waals surface area contributed by atoms with Crippen molar-refractivity contribution in [3.63, 3.8) is 0 Å². The number of nitrogens with zero attached hydrogens (tertiary/aromatic N) is 3. The van der Waals surface area contributed by atoms with E-state index < -0.39 is 0 Å². The van der Waals surface area contributed by atoms with Gasteiger partial charge in [-0.05, 0) is 35.8 Å². The third-order valence-electron chi connectivity index (χ3n) is 3.74. The van der Waals surface area contributed by atoms with Gasteiger partial charge in [-0.25, -0.2) is 0 Å². The predicted molar refractivity (Wildman–Crippen MR) is 105 cm³/mol. The standard InChI is InChI=1S/C17H17ClN4O2S2/c1-21(8-9-24-13-6-3-2-5-12(13)18)15(23)11-22-16(19-20-17(22)25)14-7-4-10-26-14/h2-7,10H,8-9,11H2,1H3,(H,20,25). The Hall–Kier alpha value is -2.16. The maximum atomic E-state index is 12.5. The normalized spacial score (nSPS) is 10.7. The summed E-state index contributed by atoms with van der Waals surface area (Å²) in [7, 11) is 1.73. The van der Waals surface area contributed by atoms with Crippen molar-refractivity contribution in [2.75, 3.05) is 20.2 Å². The molecule has 0 aliphatic heterocycles. The second-order valence-corrected chi connectivity index (χ2v) is 7.25. The zero-order valence-electron chi connectivity index (χ0n) is 14.0. The molecule has 0 saturated carbocycles. The molecular weight excluding hydrogens is 392 g/mol. The maximum absolute atomic E-state index is 12.5. The second-order valence-electron chi connectivity index (χ2n) is 5.51. The van der Waals surface area contributed by atoms with Crippen LogP contribution in [0.5, 0.6) is 5.75 Å². The van der Waals surface area contributed by atoms with Crippen molar-refractivity contribution in [1.82, 2.24) is 19.7 Å². The molecule has 6 nitrogen and oxygen atoms in total. The number of hydrogen-bond acceptors (Lipinski definition) is 5. The Kier molecular flexibility index (Phi) is 6.08. The molecule has 26 heavy (non-hydrogen) atoms. The topological polar surface area (TPSA) is 63.1 Å². The number of ether oxygens (including phenoxy) is 1. The minimum Gasteiger partial charge on any atom is -0.490 e. The third kappa shape index (κ3) is 4.32. The summed E-state index contributed by atoms with van der Waals surface area (Å²) in [6, 6.07) is 11.1. The Morgan fingerprint density at radius 3 is 2.92 bits per heavy atom. The molecule has 0 saturated heterocycles. The van der Waals surface area contributed by atoms with E-state index in [0.29, 0.717) is 34.5 Å². The highest BCUT2D eigenvalue weighted by Gasteiger charge is 2.16. The smallest absolute Gasteiger partial charge is 0.242 e. The number of likely N-dealkylation sites (N-methyl/N-ethyl adjacent to an activating group) is 1. The van der Waals surface area contributed by atoms with Crippen LogP contribution in [0.4, 0.5) is 0 Å². The molecule has 0 spiro atoms. The van der Waals surface area contributed by atoms with Gasteiger partial charge in [-0.3, -0.25) is 14.5 Å². The van der Waals surface area contributed by atoms with E-state index in [0.717, 1.165) is 4.88 Å². The summed E-state index contributed by atoms with van der Waals surface area (Å²) >= 11 is 12.9. The van der Waals surface area contributed by atoms with Crippen LogP contribution in [-0.4, -0.2) is 45.8 Å². The zero-order valence-corrected chi connectivity index (χ0v) is 16.4. The molecule has 0 unspecified atom stereocenters. The molecule has 9 heteroatoms. The number of carbonyl (C=O) groups is 1. The highest BCUT2D eigenvalue weighted by molar-refractivity contribution is 7.71. The average Bonchev–Trinajstić information content (AvgIpc) is 3.27. The number of amides is 1. The van der Waals surface area contributed by atoms with Crippen LogP contribution in [-0.2, 0) is 11.3 Å². The predicted octanol–water partition coefficient (Wildman–Crippen LogP) is 3.86. The highest BCUT2D eigenvalue weighted by atomic mass is 35.5. The summed E-state index contributed by atoms with van der Waals surface area (Å²) in [6.45, 7) is 0.898. The Morgan fingerprint density at radius 2 is 2.19 bits per heavy atom. The molecule has 0 radical (unpaired) electrons. The lowest BCUT2D eigenvalue weighted by atomic mass is 10.3. The van der Waals surface area contributed by atoms with Gasteiger partial charge in [0.05, 0.1) is 16.4 Å². The number of rotatable bonds is 7. The fourth-order valence-corrected chi connectivity index (χ4v) is 3.40. The minimum atomic E-state index is -0.0805. The van der Waals surface area contributed by atoms with Crippen molar-refractivity contribution in [3.8, 4) is 16.5 Å².